The Morgan fingerprint density at radius 1 is 0.109 bits per heavy atom. The molecule has 0 aliphatic heterocycles. The molecule has 138 heavy (non-hydrogen) atoms. The van der Waals surface area contributed by atoms with Crippen molar-refractivity contribution in [2.45, 2.75) is 21.7 Å². The first-order valence-corrected chi connectivity index (χ1v) is 48.3. The molecule has 6 aliphatic rings. The van der Waals surface area contributed by atoms with Crippen LogP contribution in [0.25, 0.3) is 122 Å². The van der Waals surface area contributed by atoms with Gasteiger partial charge in [0.1, 0.15) is 0 Å². The summed E-state index contributed by atoms with van der Waals surface area (Å²) in [6, 6.07) is 202. The van der Waals surface area contributed by atoms with Crippen LogP contribution in [0.5, 0.6) is 0 Å². The summed E-state index contributed by atoms with van der Waals surface area (Å²) in [5.74, 6) is 0. The normalized spacial score (nSPS) is 13.9. The number of nitrogens with zero attached hydrogens (tertiary/aromatic N) is 2. The summed E-state index contributed by atoms with van der Waals surface area (Å²) >= 11 is 0. The van der Waals surface area contributed by atoms with Crippen LogP contribution in [0.1, 0.15) is 89.0 Å². The Balaban J connectivity index is 0.553. The zero-order valence-corrected chi connectivity index (χ0v) is 75.7. The first-order chi connectivity index (χ1) is 68.5. The Morgan fingerprint density at radius 3 is 0.797 bits per heavy atom. The maximum absolute atomic E-state index is 2.60. The quantitative estimate of drug-likeness (QED) is 0.114. The van der Waals surface area contributed by atoms with Crippen LogP contribution in [0.3, 0.4) is 0 Å². The fourth-order valence-corrected chi connectivity index (χ4v) is 26.0. The van der Waals surface area contributed by atoms with Crippen LogP contribution in [0.15, 0.2) is 534 Å². The molecule has 642 valence electrons. The fraction of sp³-hybridized carbons (Fsp3) is 0.0294. The Hall–Kier alpha value is -17.6. The van der Waals surface area contributed by atoms with Gasteiger partial charge in [-0.05, 0) is 250 Å². The summed E-state index contributed by atoms with van der Waals surface area (Å²) in [5.41, 5.74) is 50.9. The molecule has 0 N–H and O–H groups in total. The molecule has 0 fully saturated rings. The van der Waals surface area contributed by atoms with Crippen LogP contribution in [-0.2, 0) is 21.7 Å². The van der Waals surface area contributed by atoms with E-state index in [1.165, 1.54) is 134 Å². The van der Waals surface area contributed by atoms with Crippen molar-refractivity contribution < 1.29 is 0 Å². The summed E-state index contributed by atoms with van der Waals surface area (Å²) in [4.78, 5) is 5.12. The standard InChI is InChI=1S/C136H88N2/c1-4-38-91(39-5-1)102-48-19-34-71-128(102)137(99-83-84-125-127(88-99)135(116-61-25-16-54-108(116)109-55-17-26-62-117(109)135)122-67-31-28-64-119(122)134(125)114-59-23-14-52-106(114)107-53-15-24-60-115(107)134)98-81-78-94(79-82-98)100-46-10-11-47-101(100)97-45-36-44-95(86-97)89-74-76-90(77-75-89)96-80-85-130(111(87-96)93-42-8-3-9-43-93)138(129-72-35-20-49-103(129)92-40-6-2-7-41-92)131-73-37-70-126-132(131)110-56-18-27-63-118(110)136(126)123-68-32-29-65-120(123)133(121-66-30-33-69-124(121)136)112-57-21-12-50-104(112)105-51-13-22-58-113(105)133/h1-88H. The molecule has 22 aromatic carbocycles. The molecule has 2 heteroatoms. The van der Waals surface area contributed by atoms with Gasteiger partial charge in [0.05, 0.1) is 44.4 Å². The van der Waals surface area contributed by atoms with Crippen molar-refractivity contribution in [2.24, 2.45) is 0 Å². The number of benzene rings is 22. The first-order valence-electron chi connectivity index (χ1n) is 48.3. The molecular formula is C136H88N2. The van der Waals surface area contributed by atoms with Crippen molar-refractivity contribution in [1.29, 1.82) is 0 Å². The number of rotatable bonds is 13. The van der Waals surface area contributed by atoms with E-state index >= 15 is 0 Å². The van der Waals surface area contributed by atoms with Crippen LogP contribution >= 0.6 is 0 Å². The lowest BCUT2D eigenvalue weighted by Gasteiger charge is -2.49. The summed E-state index contributed by atoms with van der Waals surface area (Å²) in [6.45, 7) is 0. The molecule has 0 atom stereocenters. The number of hydrogen-bond donors (Lipinski definition) is 0. The molecule has 0 amide bonds. The van der Waals surface area contributed by atoms with Crippen molar-refractivity contribution in [3.63, 3.8) is 0 Å². The first kappa shape index (κ1) is 79.0. The van der Waals surface area contributed by atoms with E-state index < -0.39 is 21.7 Å². The SMILES string of the molecule is c1ccc(-c2ccccc2N(c2ccc(-c3ccccc3-c3cccc(-c4ccc(-c5ccc(N(c6ccccc6-c6ccccc6)c6cccc7c6-c6ccccc6C76c7ccccc7C7(c8ccccc8-c8ccccc87)c7ccccc76)c(-c6ccccc6)c5)cc4)c3)cc2)c2ccc3c(c2)C2(c4ccccc4-c4ccccc42)c2ccccc2C32c3ccccc3-c3ccccc32)cc1. The van der Waals surface area contributed by atoms with Crippen molar-refractivity contribution in [2.75, 3.05) is 9.80 Å². The van der Waals surface area contributed by atoms with Gasteiger partial charge in [-0.1, -0.05) is 473 Å². The molecule has 6 aliphatic carbocycles. The van der Waals surface area contributed by atoms with Gasteiger partial charge >= 0.3 is 0 Å². The Bertz CT molecular complexity index is 8530. The number of para-hydroxylation sites is 2. The molecular weight excluding hydrogens is 1660 g/mol. The zero-order chi connectivity index (χ0) is 90.8. The predicted molar refractivity (Wildman–Crippen MR) is 570 cm³/mol. The average Bonchev–Trinajstić information content (AvgIpc) is 1.47. The second-order valence-corrected chi connectivity index (χ2v) is 37.7. The van der Waals surface area contributed by atoms with Gasteiger partial charge in [0.15, 0.2) is 0 Å². The van der Waals surface area contributed by atoms with E-state index in [1.54, 1.807) is 0 Å². The molecule has 0 bridgehead atoms. The lowest BCUT2D eigenvalue weighted by molar-refractivity contribution is 0.633. The average molecular weight is 1750 g/mol. The lowest BCUT2D eigenvalue weighted by Crippen LogP contribution is -2.43. The predicted octanol–water partition coefficient (Wildman–Crippen LogP) is 34.4. The second-order valence-electron chi connectivity index (χ2n) is 37.7. The number of hydrogen-bond acceptors (Lipinski definition) is 2. The van der Waals surface area contributed by atoms with Crippen LogP contribution in [0.2, 0.25) is 0 Å². The van der Waals surface area contributed by atoms with Crippen LogP contribution in [0.4, 0.5) is 34.1 Å². The zero-order valence-electron chi connectivity index (χ0n) is 75.7. The molecule has 0 aromatic heterocycles. The fourth-order valence-electron chi connectivity index (χ4n) is 26.0. The van der Waals surface area contributed by atoms with E-state index in [-0.39, 0.29) is 0 Å². The van der Waals surface area contributed by atoms with Gasteiger partial charge in [-0.3, -0.25) is 0 Å². The van der Waals surface area contributed by atoms with Crippen LogP contribution < -0.4 is 9.80 Å². The Morgan fingerprint density at radius 2 is 0.362 bits per heavy atom. The smallest absolute Gasteiger partial charge is 0.0720 e. The van der Waals surface area contributed by atoms with E-state index in [4.69, 9.17) is 0 Å². The molecule has 22 aromatic rings. The Kier molecular flexibility index (Phi) is 17.8. The number of fused-ring (bicyclic) bond motifs is 32. The van der Waals surface area contributed by atoms with E-state index in [2.05, 4.69) is 544 Å². The van der Waals surface area contributed by atoms with Crippen molar-refractivity contribution in [3.8, 4) is 122 Å². The van der Waals surface area contributed by atoms with Crippen LogP contribution in [0, 0.1) is 0 Å². The molecule has 28 rings (SSSR count). The highest BCUT2D eigenvalue weighted by atomic mass is 15.2. The third-order valence-corrected chi connectivity index (χ3v) is 31.3. The molecule has 0 saturated heterocycles. The third kappa shape index (κ3) is 11.1. The van der Waals surface area contributed by atoms with E-state index in [9.17, 15) is 0 Å². The van der Waals surface area contributed by atoms with Gasteiger partial charge < -0.3 is 9.80 Å². The lowest BCUT2D eigenvalue weighted by atomic mass is 9.52. The third-order valence-electron chi connectivity index (χ3n) is 31.3. The largest absolute Gasteiger partial charge is 0.310 e. The van der Waals surface area contributed by atoms with Gasteiger partial charge in [0, 0.05) is 33.6 Å². The summed E-state index contributed by atoms with van der Waals surface area (Å²) in [6.07, 6.45) is 0. The van der Waals surface area contributed by atoms with E-state index in [1.807, 2.05) is 0 Å². The minimum atomic E-state index is -0.702. The minimum Gasteiger partial charge on any atom is -0.310 e. The van der Waals surface area contributed by atoms with E-state index in [0.29, 0.717) is 0 Å². The van der Waals surface area contributed by atoms with Gasteiger partial charge in [0.2, 0.25) is 0 Å². The molecule has 0 saturated carbocycles. The molecule has 4 spiro atoms. The monoisotopic (exact) mass is 1750 g/mol. The summed E-state index contributed by atoms with van der Waals surface area (Å²) in [7, 11) is 0. The minimum absolute atomic E-state index is 0.564. The Labute approximate surface area is 805 Å². The molecule has 0 unspecified atom stereocenters. The highest BCUT2D eigenvalue weighted by Gasteiger charge is 2.62. The van der Waals surface area contributed by atoms with Gasteiger partial charge in [0.25, 0.3) is 0 Å². The van der Waals surface area contributed by atoms with Gasteiger partial charge in [-0.15, -0.1) is 0 Å². The molecule has 2 nitrogen and oxygen atoms in total. The van der Waals surface area contributed by atoms with E-state index in [0.717, 1.165) is 112 Å². The molecule has 0 heterocycles. The summed E-state index contributed by atoms with van der Waals surface area (Å²) < 4.78 is 0. The maximum atomic E-state index is 2.60. The van der Waals surface area contributed by atoms with Gasteiger partial charge in [-0.2, -0.15) is 0 Å². The molecule has 0 radical (unpaired) electrons. The van der Waals surface area contributed by atoms with Crippen LogP contribution in [-0.4, -0.2) is 0 Å². The second kappa shape index (κ2) is 31.0. The van der Waals surface area contributed by atoms with Crippen molar-refractivity contribution in [3.05, 3.63) is 623 Å². The number of anilines is 6. The van der Waals surface area contributed by atoms with Crippen molar-refractivity contribution in [1.82, 2.24) is 0 Å². The van der Waals surface area contributed by atoms with Gasteiger partial charge in [-0.25, -0.2) is 0 Å². The topological polar surface area (TPSA) is 6.48 Å². The van der Waals surface area contributed by atoms with Crippen molar-refractivity contribution >= 4 is 34.1 Å². The highest BCUT2D eigenvalue weighted by molar-refractivity contribution is 6.05. The maximum Gasteiger partial charge on any atom is 0.0720 e. The summed E-state index contributed by atoms with van der Waals surface area (Å²) in [5, 5.41) is 0. The highest BCUT2D eigenvalue weighted by Crippen LogP contribution is 2.72.